The molecule has 0 radical (unpaired) electrons. The molecule has 0 unspecified atom stereocenters. The van der Waals surface area contributed by atoms with E-state index in [9.17, 15) is 0 Å². The Morgan fingerprint density at radius 1 is 0.833 bits per heavy atom. The van der Waals surface area contributed by atoms with E-state index in [0.717, 1.165) is 88.6 Å². The number of hydrogen-bond donors (Lipinski definition) is 0. The lowest BCUT2D eigenvalue weighted by molar-refractivity contribution is 0.121. The topological polar surface area (TPSA) is 57.2 Å². The summed E-state index contributed by atoms with van der Waals surface area (Å²) in [6, 6.07) is 8.32. The summed E-state index contributed by atoms with van der Waals surface area (Å²) in [5.41, 5.74) is 2.39. The maximum Gasteiger partial charge on any atom is 0.231 e. The van der Waals surface area contributed by atoms with E-state index in [0.29, 0.717) is 6.79 Å². The quantitative estimate of drug-likeness (QED) is 0.731. The van der Waals surface area contributed by atoms with Gasteiger partial charge in [-0.3, -0.25) is 9.80 Å². The normalized spacial score (nSPS) is 20.6. The van der Waals surface area contributed by atoms with Crippen molar-refractivity contribution in [2.45, 2.75) is 13.1 Å². The Labute approximate surface area is 178 Å². The van der Waals surface area contributed by atoms with Gasteiger partial charge in [0.15, 0.2) is 11.5 Å². The second kappa shape index (κ2) is 8.75. The number of benzene rings is 1. The van der Waals surface area contributed by atoms with E-state index in [1.54, 1.807) is 0 Å². The van der Waals surface area contributed by atoms with E-state index in [2.05, 4.69) is 49.8 Å². The molecule has 30 heavy (non-hydrogen) atoms. The summed E-state index contributed by atoms with van der Waals surface area (Å²) in [5.74, 6) is 2.59. The highest BCUT2D eigenvalue weighted by atomic mass is 16.7. The van der Waals surface area contributed by atoms with Gasteiger partial charge < -0.3 is 19.3 Å². The number of fused-ring (bicyclic) bond motifs is 1. The molecule has 5 rings (SSSR count). The number of likely N-dealkylation sites (N-methyl/N-ethyl adjacent to an activating group) is 1. The van der Waals surface area contributed by atoms with Crippen LogP contribution in [-0.4, -0.2) is 90.9 Å². The molecule has 2 fully saturated rings. The number of piperazine rings is 2. The fourth-order valence-electron chi connectivity index (χ4n) is 4.26. The first-order valence-electron chi connectivity index (χ1n) is 10.8. The number of hydrogen-bond acceptors (Lipinski definition) is 8. The van der Waals surface area contributed by atoms with Crippen molar-refractivity contribution >= 4 is 5.95 Å². The zero-order valence-electron chi connectivity index (χ0n) is 17.7. The van der Waals surface area contributed by atoms with Gasteiger partial charge in [0, 0.05) is 71.6 Å². The molecule has 0 bridgehead atoms. The molecule has 0 atom stereocenters. The third-order valence-corrected chi connectivity index (χ3v) is 6.18. The summed E-state index contributed by atoms with van der Waals surface area (Å²) < 4.78 is 10.9. The molecule has 0 saturated carbocycles. The van der Waals surface area contributed by atoms with E-state index in [4.69, 9.17) is 14.5 Å². The zero-order valence-corrected chi connectivity index (χ0v) is 17.7. The van der Waals surface area contributed by atoms with Gasteiger partial charge in [0.25, 0.3) is 0 Å². The van der Waals surface area contributed by atoms with Crippen molar-refractivity contribution in [2.75, 3.05) is 71.1 Å². The highest BCUT2D eigenvalue weighted by molar-refractivity contribution is 5.44. The second-order valence-corrected chi connectivity index (χ2v) is 8.38. The van der Waals surface area contributed by atoms with E-state index < -0.39 is 0 Å². The standard InChI is InChI=1S/C22H30N6O2/c1-25-6-12-28(13-7-25)22-23-5-4-19(24-22)16-27-10-8-26(9-11-27)15-18-2-3-20-21(14-18)30-17-29-20/h2-5,14H,6-13,15-17H2,1H3. The molecular weight excluding hydrogens is 380 g/mol. The number of ether oxygens (including phenoxy) is 2. The minimum absolute atomic E-state index is 0.330. The largest absolute Gasteiger partial charge is 0.454 e. The summed E-state index contributed by atoms with van der Waals surface area (Å²) in [5, 5.41) is 0. The lowest BCUT2D eigenvalue weighted by Gasteiger charge is -2.35. The Balaban J connectivity index is 1.12. The van der Waals surface area contributed by atoms with Crippen molar-refractivity contribution in [2.24, 2.45) is 0 Å². The summed E-state index contributed by atoms with van der Waals surface area (Å²) in [6.07, 6.45) is 1.91. The summed E-state index contributed by atoms with van der Waals surface area (Å²) >= 11 is 0. The lowest BCUT2D eigenvalue weighted by atomic mass is 10.1. The molecule has 160 valence electrons. The number of anilines is 1. The molecule has 8 nitrogen and oxygen atoms in total. The van der Waals surface area contributed by atoms with Crippen LogP contribution in [0.25, 0.3) is 0 Å². The van der Waals surface area contributed by atoms with E-state index in [-0.39, 0.29) is 0 Å². The van der Waals surface area contributed by atoms with Crippen molar-refractivity contribution in [3.05, 3.63) is 41.7 Å². The molecule has 3 aliphatic rings. The Kier molecular flexibility index (Phi) is 5.70. The molecule has 0 N–H and O–H groups in total. The van der Waals surface area contributed by atoms with E-state index >= 15 is 0 Å². The maximum atomic E-state index is 5.50. The van der Waals surface area contributed by atoms with Crippen LogP contribution in [0.2, 0.25) is 0 Å². The lowest BCUT2D eigenvalue weighted by Crippen LogP contribution is -2.46. The first-order chi connectivity index (χ1) is 14.7. The summed E-state index contributed by atoms with van der Waals surface area (Å²) in [7, 11) is 2.17. The van der Waals surface area contributed by atoms with E-state index in [1.807, 2.05) is 12.3 Å². The fraction of sp³-hybridized carbons (Fsp3) is 0.545. The molecule has 2 saturated heterocycles. The van der Waals surface area contributed by atoms with Crippen LogP contribution in [0.5, 0.6) is 11.5 Å². The first-order valence-corrected chi connectivity index (χ1v) is 10.8. The van der Waals surface area contributed by atoms with Crippen molar-refractivity contribution in [1.82, 2.24) is 24.7 Å². The minimum Gasteiger partial charge on any atom is -0.454 e. The number of rotatable bonds is 5. The molecular formula is C22H30N6O2. The number of aromatic nitrogens is 2. The Hall–Kier alpha value is -2.42. The summed E-state index contributed by atoms with van der Waals surface area (Å²) in [4.78, 5) is 19.0. The van der Waals surface area contributed by atoms with Crippen molar-refractivity contribution in [1.29, 1.82) is 0 Å². The van der Waals surface area contributed by atoms with E-state index in [1.165, 1.54) is 5.56 Å². The van der Waals surface area contributed by atoms with Crippen LogP contribution >= 0.6 is 0 Å². The maximum absolute atomic E-state index is 5.50. The Morgan fingerprint density at radius 2 is 1.57 bits per heavy atom. The van der Waals surface area contributed by atoms with Crippen molar-refractivity contribution in [3.63, 3.8) is 0 Å². The van der Waals surface area contributed by atoms with Crippen LogP contribution in [0, 0.1) is 0 Å². The third-order valence-electron chi connectivity index (χ3n) is 6.18. The van der Waals surface area contributed by atoms with Crippen LogP contribution in [0.3, 0.4) is 0 Å². The van der Waals surface area contributed by atoms with Gasteiger partial charge in [-0.15, -0.1) is 0 Å². The fourth-order valence-corrected chi connectivity index (χ4v) is 4.26. The van der Waals surface area contributed by atoms with Crippen molar-refractivity contribution in [3.8, 4) is 11.5 Å². The SMILES string of the molecule is CN1CCN(c2nccc(CN3CCN(Cc4ccc5c(c4)OCO5)CC3)n2)CC1. The van der Waals surface area contributed by atoms with Crippen LogP contribution in [0.15, 0.2) is 30.5 Å². The molecule has 0 spiro atoms. The average Bonchev–Trinajstić information content (AvgIpc) is 3.24. The molecule has 1 aromatic heterocycles. The molecule has 3 aliphatic heterocycles. The molecule has 0 amide bonds. The monoisotopic (exact) mass is 410 g/mol. The smallest absolute Gasteiger partial charge is 0.231 e. The van der Waals surface area contributed by atoms with Gasteiger partial charge in [0.1, 0.15) is 0 Å². The van der Waals surface area contributed by atoms with Crippen LogP contribution in [0.4, 0.5) is 5.95 Å². The zero-order chi connectivity index (χ0) is 20.3. The highest BCUT2D eigenvalue weighted by Gasteiger charge is 2.21. The predicted octanol–water partition coefficient (Wildman–Crippen LogP) is 1.27. The Bertz CT molecular complexity index is 862. The van der Waals surface area contributed by atoms with Gasteiger partial charge in [-0.2, -0.15) is 0 Å². The predicted molar refractivity (Wildman–Crippen MR) is 115 cm³/mol. The Morgan fingerprint density at radius 3 is 2.37 bits per heavy atom. The second-order valence-electron chi connectivity index (χ2n) is 8.38. The summed E-state index contributed by atoms with van der Waals surface area (Å²) in [6.45, 7) is 10.5. The highest BCUT2D eigenvalue weighted by Crippen LogP contribution is 2.32. The van der Waals surface area contributed by atoms with Crippen LogP contribution in [0.1, 0.15) is 11.3 Å². The van der Waals surface area contributed by atoms with Gasteiger partial charge >= 0.3 is 0 Å². The van der Waals surface area contributed by atoms with Crippen LogP contribution < -0.4 is 14.4 Å². The molecule has 2 aromatic rings. The van der Waals surface area contributed by atoms with Gasteiger partial charge in [-0.05, 0) is 30.8 Å². The first kappa shape index (κ1) is 19.5. The van der Waals surface area contributed by atoms with Crippen molar-refractivity contribution < 1.29 is 9.47 Å². The van der Waals surface area contributed by atoms with Gasteiger partial charge in [0.05, 0.1) is 5.69 Å². The van der Waals surface area contributed by atoms with Gasteiger partial charge in [-0.1, -0.05) is 6.07 Å². The molecule has 8 heteroatoms. The molecule has 4 heterocycles. The number of nitrogens with zero attached hydrogens (tertiary/aromatic N) is 6. The third kappa shape index (κ3) is 4.50. The molecule has 1 aromatic carbocycles. The molecule has 0 aliphatic carbocycles. The van der Waals surface area contributed by atoms with Crippen LogP contribution in [-0.2, 0) is 13.1 Å². The van der Waals surface area contributed by atoms with Gasteiger partial charge in [-0.25, -0.2) is 9.97 Å². The average molecular weight is 411 g/mol. The van der Waals surface area contributed by atoms with Gasteiger partial charge in [0.2, 0.25) is 12.7 Å². The minimum atomic E-state index is 0.330.